The van der Waals surface area contributed by atoms with Gasteiger partial charge >= 0.3 is 0 Å². The van der Waals surface area contributed by atoms with Crippen molar-refractivity contribution in [2.75, 3.05) is 19.8 Å². The SMILES string of the molecule is CC(C)(C)C(=N)SC(=N)NC(=O)[C@@H]1CC(=O)CN1C1CCOCC1. The Hall–Kier alpha value is -1.25. The number of thioether (sulfide) groups is 1. The first-order chi connectivity index (χ1) is 11.2. The minimum atomic E-state index is -0.523. The van der Waals surface area contributed by atoms with E-state index in [1.165, 1.54) is 0 Å². The first-order valence-corrected chi connectivity index (χ1v) is 9.01. The molecule has 0 aliphatic carbocycles. The summed E-state index contributed by atoms with van der Waals surface area (Å²) < 4.78 is 5.35. The number of amides is 1. The van der Waals surface area contributed by atoms with Gasteiger partial charge in [-0.05, 0) is 24.6 Å². The highest BCUT2D eigenvalue weighted by Crippen LogP contribution is 2.25. The van der Waals surface area contributed by atoms with Crippen LogP contribution in [0.5, 0.6) is 0 Å². The average molecular weight is 354 g/mol. The minimum absolute atomic E-state index is 0.0586. The summed E-state index contributed by atoms with van der Waals surface area (Å²) in [6.45, 7) is 7.26. The van der Waals surface area contributed by atoms with Gasteiger partial charge in [-0.3, -0.25) is 25.3 Å². The number of carbonyl (C=O) groups is 2. The van der Waals surface area contributed by atoms with Crippen molar-refractivity contribution in [1.82, 2.24) is 10.2 Å². The quantitative estimate of drug-likeness (QED) is 0.516. The van der Waals surface area contributed by atoms with Gasteiger partial charge in [0.1, 0.15) is 5.78 Å². The molecule has 1 atom stereocenters. The summed E-state index contributed by atoms with van der Waals surface area (Å²) in [5.41, 5.74) is -0.362. The first-order valence-electron chi connectivity index (χ1n) is 8.20. The second-order valence-electron chi connectivity index (χ2n) is 7.27. The van der Waals surface area contributed by atoms with Crippen LogP contribution in [-0.4, -0.2) is 58.6 Å². The summed E-state index contributed by atoms with van der Waals surface area (Å²) >= 11 is 0.942. The number of carbonyl (C=O) groups excluding carboxylic acids is 2. The van der Waals surface area contributed by atoms with Crippen LogP contribution in [0.15, 0.2) is 0 Å². The number of hydrogen-bond acceptors (Lipinski definition) is 7. The molecule has 24 heavy (non-hydrogen) atoms. The van der Waals surface area contributed by atoms with Gasteiger partial charge in [-0.15, -0.1) is 0 Å². The summed E-state index contributed by atoms with van der Waals surface area (Å²) in [5.74, 6) is -0.269. The molecule has 7 nitrogen and oxygen atoms in total. The maximum Gasteiger partial charge on any atom is 0.243 e. The molecule has 8 heteroatoms. The van der Waals surface area contributed by atoms with Gasteiger partial charge in [0.25, 0.3) is 0 Å². The first kappa shape index (κ1) is 19.1. The number of likely N-dealkylation sites (tertiary alicyclic amines) is 1. The fourth-order valence-electron chi connectivity index (χ4n) is 2.83. The zero-order valence-electron chi connectivity index (χ0n) is 14.5. The highest BCUT2D eigenvalue weighted by molar-refractivity contribution is 8.26. The van der Waals surface area contributed by atoms with Gasteiger partial charge in [0.2, 0.25) is 5.91 Å². The van der Waals surface area contributed by atoms with Crippen LogP contribution in [0.1, 0.15) is 40.0 Å². The van der Waals surface area contributed by atoms with Gasteiger partial charge in [0.15, 0.2) is 5.17 Å². The molecule has 2 aliphatic heterocycles. The zero-order chi connectivity index (χ0) is 17.9. The molecule has 0 aromatic rings. The van der Waals surface area contributed by atoms with Crippen molar-refractivity contribution in [2.45, 2.75) is 52.1 Å². The maximum atomic E-state index is 12.5. The van der Waals surface area contributed by atoms with Crippen molar-refractivity contribution in [1.29, 1.82) is 10.8 Å². The third kappa shape index (κ3) is 4.87. The third-order valence-corrected chi connectivity index (χ3v) is 5.39. The van der Waals surface area contributed by atoms with E-state index in [2.05, 4.69) is 5.32 Å². The van der Waals surface area contributed by atoms with Gasteiger partial charge in [-0.25, -0.2) is 0 Å². The third-order valence-electron chi connectivity index (χ3n) is 4.26. The molecule has 2 aliphatic rings. The van der Waals surface area contributed by atoms with Crippen molar-refractivity contribution in [3.8, 4) is 0 Å². The molecule has 0 bridgehead atoms. The summed E-state index contributed by atoms with van der Waals surface area (Å²) in [6, 6.07) is -0.346. The standard InChI is InChI=1S/C16H26N4O3S/c1-16(2,3)14(17)24-15(18)19-13(22)12-8-11(21)9-20(12)10-4-6-23-7-5-10/h10,12,17H,4-9H2,1-3H3,(H2,18,19,22)/t12-/m0/s1. The van der Waals surface area contributed by atoms with E-state index < -0.39 is 6.04 Å². The summed E-state index contributed by atoms with van der Waals surface area (Å²) in [5, 5.41) is 18.7. The van der Waals surface area contributed by atoms with E-state index in [0.717, 1.165) is 24.6 Å². The van der Waals surface area contributed by atoms with Crippen LogP contribution in [0.3, 0.4) is 0 Å². The van der Waals surface area contributed by atoms with Crippen LogP contribution in [0.2, 0.25) is 0 Å². The van der Waals surface area contributed by atoms with Crippen LogP contribution in [0.4, 0.5) is 0 Å². The number of nitrogens with zero attached hydrogens (tertiary/aromatic N) is 1. The van der Waals surface area contributed by atoms with E-state index in [0.29, 0.717) is 24.8 Å². The summed E-state index contributed by atoms with van der Waals surface area (Å²) in [6.07, 6.45) is 1.83. The van der Waals surface area contributed by atoms with E-state index >= 15 is 0 Å². The molecular formula is C16H26N4O3S. The lowest BCUT2D eigenvalue weighted by molar-refractivity contribution is -0.125. The van der Waals surface area contributed by atoms with Gasteiger partial charge in [-0.2, -0.15) is 0 Å². The Labute approximate surface area is 146 Å². The molecular weight excluding hydrogens is 328 g/mol. The largest absolute Gasteiger partial charge is 0.381 e. The monoisotopic (exact) mass is 354 g/mol. The molecule has 0 radical (unpaired) electrons. The summed E-state index contributed by atoms with van der Waals surface area (Å²) in [7, 11) is 0. The molecule has 3 N–H and O–H groups in total. The number of ether oxygens (including phenoxy) is 1. The van der Waals surface area contributed by atoms with Gasteiger partial charge in [-0.1, -0.05) is 20.8 Å². The minimum Gasteiger partial charge on any atom is -0.381 e. The second kappa shape index (κ2) is 7.76. The van der Waals surface area contributed by atoms with Crippen molar-refractivity contribution in [3.05, 3.63) is 0 Å². The number of hydrogen-bond donors (Lipinski definition) is 3. The van der Waals surface area contributed by atoms with Crippen molar-refractivity contribution in [3.63, 3.8) is 0 Å². The van der Waals surface area contributed by atoms with E-state index in [-0.39, 0.29) is 34.7 Å². The Kier molecular flexibility index (Phi) is 6.17. The molecule has 0 spiro atoms. The fraction of sp³-hybridized carbons (Fsp3) is 0.750. The molecule has 0 aromatic heterocycles. The average Bonchev–Trinajstić information content (AvgIpc) is 2.89. The molecule has 134 valence electrons. The topological polar surface area (TPSA) is 106 Å². The molecule has 0 saturated carbocycles. The lowest BCUT2D eigenvalue weighted by Crippen LogP contribution is -2.50. The highest BCUT2D eigenvalue weighted by atomic mass is 32.2. The van der Waals surface area contributed by atoms with Crippen molar-refractivity contribution in [2.24, 2.45) is 5.41 Å². The van der Waals surface area contributed by atoms with E-state index in [1.54, 1.807) is 0 Å². The molecule has 1 amide bonds. The normalized spacial score (nSPS) is 23.3. The van der Waals surface area contributed by atoms with E-state index in [4.69, 9.17) is 15.6 Å². The number of nitrogens with one attached hydrogen (secondary N) is 3. The Morgan fingerprint density at radius 3 is 2.50 bits per heavy atom. The van der Waals surface area contributed by atoms with Crippen LogP contribution < -0.4 is 5.32 Å². The van der Waals surface area contributed by atoms with Gasteiger partial charge < -0.3 is 10.1 Å². The predicted molar refractivity (Wildman–Crippen MR) is 94.6 cm³/mol. The molecule has 0 aromatic carbocycles. The maximum absolute atomic E-state index is 12.5. The Bertz CT molecular complexity index is 538. The van der Waals surface area contributed by atoms with E-state index in [9.17, 15) is 9.59 Å². The number of rotatable bonds is 2. The number of ketones is 1. The number of amidine groups is 1. The van der Waals surface area contributed by atoms with Crippen LogP contribution in [-0.2, 0) is 14.3 Å². The highest BCUT2D eigenvalue weighted by Gasteiger charge is 2.40. The Morgan fingerprint density at radius 1 is 1.29 bits per heavy atom. The van der Waals surface area contributed by atoms with Crippen LogP contribution in [0, 0.1) is 16.2 Å². The zero-order valence-corrected chi connectivity index (χ0v) is 15.3. The second-order valence-corrected chi connectivity index (χ2v) is 8.29. The van der Waals surface area contributed by atoms with Crippen molar-refractivity contribution < 1.29 is 14.3 Å². The Morgan fingerprint density at radius 2 is 1.92 bits per heavy atom. The van der Waals surface area contributed by atoms with Crippen LogP contribution >= 0.6 is 11.8 Å². The summed E-state index contributed by atoms with van der Waals surface area (Å²) in [4.78, 5) is 26.3. The van der Waals surface area contributed by atoms with Gasteiger partial charge in [0.05, 0.1) is 17.6 Å². The number of Topliss-reactive ketones (excluding diaryl/α,β-unsaturated/α-hetero) is 1. The van der Waals surface area contributed by atoms with E-state index in [1.807, 2.05) is 25.7 Å². The molecule has 2 rings (SSSR count). The van der Waals surface area contributed by atoms with Gasteiger partial charge in [0, 0.05) is 31.1 Å². The molecule has 0 unspecified atom stereocenters. The fourth-order valence-corrected chi connectivity index (χ4v) is 3.49. The van der Waals surface area contributed by atoms with Crippen molar-refractivity contribution >= 4 is 33.7 Å². The lowest BCUT2D eigenvalue weighted by atomic mass is 9.99. The van der Waals surface area contributed by atoms with Crippen LogP contribution in [0.25, 0.3) is 0 Å². The smallest absolute Gasteiger partial charge is 0.243 e. The molecule has 2 fully saturated rings. The predicted octanol–water partition coefficient (Wildman–Crippen LogP) is 1.62. The lowest BCUT2D eigenvalue weighted by Gasteiger charge is -2.34. The molecule has 2 saturated heterocycles. The molecule has 2 heterocycles. The Balaban J connectivity index is 1.95.